The molecule has 0 bridgehead atoms. The Morgan fingerprint density at radius 3 is 2.51 bits per heavy atom. The molecule has 1 fully saturated rings. The highest BCUT2D eigenvalue weighted by molar-refractivity contribution is 7.92. The first-order chi connectivity index (χ1) is 19.7. The molecule has 13 heteroatoms. The Bertz CT molecular complexity index is 1670. The Morgan fingerprint density at radius 1 is 1.02 bits per heavy atom. The van der Waals surface area contributed by atoms with E-state index < -0.39 is 21.7 Å². The molecule has 1 aliphatic heterocycles. The summed E-state index contributed by atoms with van der Waals surface area (Å²) in [6, 6.07) is 8.93. The smallest absolute Gasteiger partial charge is 0.229 e. The van der Waals surface area contributed by atoms with E-state index in [-0.39, 0.29) is 16.9 Å². The molecule has 4 heterocycles. The lowest BCUT2D eigenvalue weighted by Gasteiger charge is -2.26. The first-order valence-electron chi connectivity index (χ1n) is 12.8. The van der Waals surface area contributed by atoms with Gasteiger partial charge in [0.1, 0.15) is 11.5 Å². The van der Waals surface area contributed by atoms with Crippen LogP contribution in [-0.4, -0.2) is 72.2 Å². The molecular formula is C28H29F2N7O3S. The Morgan fingerprint density at radius 2 is 1.83 bits per heavy atom. The molecule has 5 rings (SSSR count). The standard InChI is InChI=1S/C28H29F2N7O3S/c1-41(38,39)35-24-11-20(10-21(12-24)28-26(30)13-23(29)17-33-28)25(14-31)27-3-2-19(15-32-27)22-16-34-37(18-22)5-4-36-6-8-40-9-7-36/h2-3,10-18,35H,4-9,31H2,1H3. The summed E-state index contributed by atoms with van der Waals surface area (Å²) < 4.78 is 61.7. The first kappa shape index (κ1) is 28.3. The Hall–Kier alpha value is -4.20. The molecule has 0 radical (unpaired) electrons. The molecule has 0 unspecified atom stereocenters. The number of hydrogen-bond acceptors (Lipinski definition) is 8. The van der Waals surface area contributed by atoms with Gasteiger partial charge in [0.2, 0.25) is 10.0 Å². The molecule has 3 N–H and O–H groups in total. The summed E-state index contributed by atoms with van der Waals surface area (Å²) in [6.45, 7) is 4.98. The van der Waals surface area contributed by atoms with Crippen molar-refractivity contribution in [2.45, 2.75) is 6.54 Å². The summed E-state index contributed by atoms with van der Waals surface area (Å²) in [6.07, 6.45) is 8.67. The van der Waals surface area contributed by atoms with Crippen molar-refractivity contribution >= 4 is 21.3 Å². The molecule has 0 amide bonds. The Kier molecular flexibility index (Phi) is 8.38. The van der Waals surface area contributed by atoms with Gasteiger partial charge in [-0.15, -0.1) is 0 Å². The van der Waals surface area contributed by atoms with Crippen LogP contribution < -0.4 is 10.5 Å². The van der Waals surface area contributed by atoms with E-state index in [0.29, 0.717) is 22.9 Å². The van der Waals surface area contributed by atoms with Crippen molar-refractivity contribution in [1.82, 2.24) is 24.6 Å². The molecule has 10 nitrogen and oxygen atoms in total. The van der Waals surface area contributed by atoms with Gasteiger partial charge in [0.15, 0.2) is 5.82 Å². The third-order valence-electron chi connectivity index (χ3n) is 6.55. The summed E-state index contributed by atoms with van der Waals surface area (Å²) in [5.74, 6) is -1.72. The maximum absolute atomic E-state index is 14.6. The number of halogens is 2. The average Bonchev–Trinajstić information content (AvgIpc) is 3.41. The minimum Gasteiger partial charge on any atom is -0.404 e. The van der Waals surface area contributed by atoms with Crippen LogP contribution in [0, 0.1) is 11.6 Å². The number of aromatic nitrogens is 4. The SMILES string of the molecule is CS(=O)(=O)Nc1cc(C(=CN)c2ccc(-c3cnn(CCN4CCOCC4)c3)cn2)cc(-c2ncc(F)cc2F)c1. The molecule has 0 saturated carbocycles. The minimum absolute atomic E-state index is 0.143. The maximum atomic E-state index is 14.6. The molecule has 0 atom stereocenters. The number of rotatable bonds is 9. The second kappa shape index (κ2) is 12.1. The summed E-state index contributed by atoms with van der Waals surface area (Å²) >= 11 is 0. The summed E-state index contributed by atoms with van der Waals surface area (Å²) in [4.78, 5) is 10.8. The highest BCUT2D eigenvalue weighted by Gasteiger charge is 2.16. The maximum Gasteiger partial charge on any atom is 0.229 e. The second-order valence-electron chi connectivity index (χ2n) is 9.62. The summed E-state index contributed by atoms with van der Waals surface area (Å²) in [5, 5.41) is 4.47. The van der Waals surface area contributed by atoms with E-state index >= 15 is 0 Å². The van der Waals surface area contributed by atoms with Crippen molar-refractivity contribution in [3.8, 4) is 22.4 Å². The lowest BCUT2D eigenvalue weighted by Crippen LogP contribution is -2.38. The van der Waals surface area contributed by atoms with Gasteiger partial charge in [0.05, 0.1) is 44.1 Å². The van der Waals surface area contributed by atoms with Crippen molar-refractivity contribution in [3.63, 3.8) is 0 Å². The predicted molar refractivity (Wildman–Crippen MR) is 152 cm³/mol. The van der Waals surface area contributed by atoms with E-state index in [1.165, 1.54) is 12.3 Å². The van der Waals surface area contributed by atoms with Gasteiger partial charge in [0, 0.05) is 72.2 Å². The van der Waals surface area contributed by atoms with E-state index in [0.717, 1.165) is 63.0 Å². The zero-order valence-electron chi connectivity index (χ0n) is 22.3. The number of anilines is 1. The molecule has 4 aromatic rings. The van der Waals surface area contributed by atoms with Gasteiger partial charge in [-0.2, -0.15) is 5.10 Å². The van der Waals surface area contributed by atoms with Crippen molar-refractivity contribution in [3.05, 3.63) is 90.3 Å². The zero-order chi connectivity index (χ0) is 29.0. The fourth-order valence-corrected chi connectivity index (χ4v) is 5.12. The number of morpholine rings is 1. The van der Waals surface area contributed by atoms with E-state index in [9.17, 15) is 17.2 Å². The minimum atomic E-state index is -3.66. The average molecular weight is 582 g/mol. The third-order valence-corrected chi connectivity index (χ3v) is 7.16. The zero-order valence-corrected chi connectivity index (χ0v) is 23.1. The number of nitrogens with two attached hydrogens (primary N) is 1. The van der Waals surface area contributed by atoms with E-state index in [1.54, 1.807) is 30.6 Å². The third kappa shape index (κ3) is 7.12. The fraction of sp³-hybridized carbons (Fsp3) is 0.250. The van der Waals surface area contributed by atoms with Crippen LogP contribution in [-0.2, 0) is 21.3 Å². The number of benzene rings is 1. The van der Waals surface area contributed by atoms with E-state index in [1.807, 2.05) is 16.9 Å². The van der Waals surface area contributed by atoms with Crippen molar-refractivity contribution in [1.29, 1.82) is 0 Å². The number of nitrogens with zero attached hydrogens (tertiary/aromatic N) is 5. The normalized spacial score (nSPS) is 14.8. The van der Waals surface area contributed by atoms with Crippen LogP contribution in [0.4, 0.5) is 14.5 Å². The van der Waals surface area contributed by atoms with Crippen LogP contribution in [0.15, 0.2) is 67.4 Å². The van der Waals surface area contributed by atoms with Crippen LogP contribution >= 0.6 is 0 Å². The van der Waals surface area contributed by atoms with Crippen molar-refractivity contribution in [2.24, 2.45) is 5.73 Å². The van der Waals surface area contributed by atoms with Crippen molar-refractivity contribution < 1.29 is 21.9 Å². The summed E-state index contributed by atoms with van der Waals surface area (Å²) in [5.41, 5.74) is 9.43. The van der Waals surface area contributed by atoms with Crippen LogP contribution in [0.3, 0.4) is 0 Å². The van der Waals surface area contributed by atoms with Crippen molar-refractivity contribution in [2.75, 3.05) is 43.8 Å². The molecule has 1 aliphatic rings. The monoisotopic (exact) mass is 581 g/mol. The summed E-state index contributed by atoms with van der Waals surface area (Å²) in [7, 11) is -3.66. The molecule has 0 aliphatic carbocycles. The molecule has 0 spiro atoms. The number of nitrogens with one attached hydrogen (secondary N) is 1. The second-order valence-corrected chi connectivity index (χ2v) is 11.4. The van der Waals surface area contributed by atoms with Crippen LogP contribution in [0.2, 0.25) is 0 Å². The van der Waals surface area contributed by atoms with Crippen LogP contribution in [0.5, 0.6) is 0 Å². The number of pyridine rings is 2. The quantitative estimate of drug-likeness (QED) is 0.308. The predicted octanol–water partition coefficient (Wildman–Crippen LogP) is 3.34. The highest BCUT2D eigenvalue weighted by Crippen LogP contribution is 2.32. The largest absolute Gasteiger partial charge is 0.404 e. The lowest BCUT2D eigenvalue weighted by molar-refractivity contribution is 0.0360. The molecule has 1 aromatic carbocycles. The van der Waals surface area contributed by atoms with E-state index in [4.69, 9.17) is 10.5 Å². The van der Waals surface area contributed by atoms with Crippen LogP contribution in [0.25, 0.3) is 28.0 Å². The van der Waals surface area contributed by atoms with Gasteiger partial charge < -0.3 is 10.5 Å². The molecular weight excluding hydrogens is 552 g/mol. The van der Waals surface area contributed by atoms with Gasteiger partial charge in [-0.3, -0.25) is 24.3 Å². The highest BCUT2D eigenvalue weighted by atomic mass is 32.2. The fourth-order valence-electron chi connectivity index (χ4n) is 4.58. The molecule has 1 saturated heterocycles. The number of hydrogen-bond donors (Lipinski definition) is 2. The number of sulfonamides is 1. The Balaban J connectivity index is 1.40. The molecule has 3 aromatic heterocycles. The molecule has 41 heavy (non-hydrogen) atoms. The van der Waals surface area contributed by atoms with Gasteiger partial charge >= 0.3 is 0 Å². The topological polar surface area (TPSA) is 128 Å². The van der Waals surface area contributed by atoms with Gasteiger partial charge in [0.25, 0.3) is 0 Å². The number of ether oxygens (including phenoxy) is 1. The molecule has 214 valence electrons. The first-order valence-corrected chi connectivity index (χ1v) is 14.7. The van der Waals surface area contributed by atoms with Gasteiger partial charge in [-0.05, 0) is 29.8 Å². The van der Waals surface area contributed by atoms with Crippen LogP contribution in [0.1, 0.15) is 11.3 Å². The lowest BCUT2D eigenvalue weighted by atomic mass is 9.98. The van der Waals surface area contributed by atoms with Gasteiger partial charge in [-0.1, -0.05) is 6.07 Å². The van der Waals surface area contributed by atoms with E-state index in [2.05, 4.69) is 24.7 Å². The Labute approximate surface area is 236 Å². The van der Waals surface area contributed by atoms with Gasteiger partial charge in [-0.25, -0.2) is 17.2 Å².